The molecule has 0 radical (unpaired) electrons. The van der Waals surface area contributed by atoms with E-state index in [-0.39, 0.29) is 11.8 Å². The summed E-state index contributed by atoms with van der Waals surface area (Å²) in [6.07, 6.45) is 12.4. The molecule has 1 aromatic carbocycles. The van der Waals surface area contributed by atoms with Crippen molar-refractivity contribution in [2.45, 2.75) is 70.3 Å². The first-order valence-corrected chi connectivity index (χ1v) is 8.99. The van der Waals surface area contributed by atoms with Crippen molar-refractivity contribution < 1.29 is 4.79 Å². The Balaban J connectivity index is 1.51. The van der Waals surface area contributed by atoms with Gasteiger partial charge in [0.05, 0.1) is 0 Å². The molecule has 0 bridgehead atoms. The number of nitrogens with one attached hydrogen (secondary N) is 2. The fraction of sp³-hybridized carbons (Fsp3) is 0.632. The van der Waals surface area contributed by atoms with Gasteiger partial charge in [0.2, 0.25) is 5.91 Å². The lowest BCUT2D eigenvalue weighted by Crippen LogP contribution is -2.24. The molecule has 3 heteroatoms. The zero-order chi connectivity index (χ0) is 15.2. The van der Waals surface area contributed by atoms with Gasteiger partial charge in [0.15, 0.2) is 0 Å². The summed E-state index contributed by atoms with van der Waals surface area (Å²) in [5.74, 6) is 0.418. The van der Waals surface area contributed by atoms with Crippen molar-refractivity contribution in [3.05, 3.63) is 24.3 Å². The van der Waals surface area contributed by atoms with Gasteiger partial charge in [0.1, 0.15) is 0 Å². The maximum Gasteiger partial charge on any atom is 0.227 e. The van der Waals surface area contributed by atoms with E-state index in [2.05, 4.69) is 22.8 Å². The van der Waals surface area contributed by atoms with Crippen LogP contribution >= 0.6 is 0 Å². The topological polar surface area (TPSA) is 41.1 Å². The van der Waals surface area contributed by atoms with Crippen molar-refractivity contribution in [1.82, 2.24) is 0 Å². The lowest BCUT2D eigenvalue weighted by atomic mass is 9.88. The van der Waals surface area contributed by atoms with E-state index in [4.69, 9.17) is 0 Å². The van der Waals surface area contributed by atoms with E-state index >= 15 is 0 Å². The summed E-state index contributed by atoms with van der Waals surface area (Å²) in [4.78, 5) is 12.2. The molecule has 1 amide bonds. The van der Waals surface area contributed by atoms with Crippen LogP contribution in [0.15, 0.2) is 24.3 Å². The third-order valence-corrected chi connectivity index (χ3v) is 5.10. The highest BCUT2D eigenvalue weighted by Crippen LogP contribution is 2.26. The van der Waals surface area contributed by atoms with Crippen molar-refractivity contribution in [3.8, 4) is 0 Å². The number of carbonyl (C=O) groups excluding carboxylic acids is 1. The first-order valence-electron chi connectivity index (χ1n) is 8.99. The molecule has 2 fully saturated rings. The van der Waals surface area contributed by atoms with E-state index < -0.39 is 0 Å². The summed E-state index contributed by atoms with van der Waals surface area (Å²) in [5.41, 5.74) is 2.09. The number of rotatable bonds is 4. The molecule has 0 aliphatic heterocycles. The van der Waals surface area contributed by atoms with E-state index in [1.807, 2.05) is 12.1 Å². The molecule has 0 heterocycles. The van der Waals surface area contributed by atoms with Crippen molar-refractivity contribution >= 4 is 17.3 Å². The maximum atomic E-state index is 12.2. The summed E-state index contributed by atoms with van der Waals surface area (Å²) in [5, 5.41) is 6.69. The second-order valence-corrected chi connectivity index (χ2v) is 6.88. The van der Waals surface area contributed by atoms with Gasteiger partial charge in [-0.2, -0.15) is 0 Å². The summed E-state index contributed by atoms with van der Waals surface area (Å²) >= 11 is 0. The Morgan fingerprint density at radius 3 is 1.95 bits per heavy atom. The lowest BCUT2D eigenvalue weighted by Gasteiger charge is -2.24. The minimum atomic E-state index is 0.202. The SMILES string of the molecule is O=C(Nc1ccc(NC2CCCCC2)cc1)C1CCCCC1. The van der Waals surface area contributed by atoms with Gasteiger partial charge >= 0.3 is 0 Å². The van der Waals surface area contributed by atoms with Crippen molar-refractivity contribution in [3.63, 3.8) is 0 Å². The molecule has 2 aliphatic rings. The Kier molecular flexibility index (Phi) is 5.36. The second kappa shape index (κ2) is 7.66. The average Bonchev–Trinajstić information content (AvgIpc) is 2.58. The van der Waals surface area contributed by atoms with Gasteiger partial charge < -0.3 is 10.6 Å². The fourth-order valence-electron chi connectivity index (χ4n) is 3.74. The molecule has 22 heavy (non-hydrogen) atoms. The summed E-state index contributed by atoms with van der Waals surface area (Å²) < 4.78 is 0. The highest BCUT2D eigenvalue weighted by atomic mass is 16.1. The van der Waals surface area contributed by atoms with Gasteiger partial charge in [0.25, 0.3) is 0 Å². The predicted molar refractivity (Wildman–Crippen MR) is 92.1 cm³/mol. The number of hydrogen-bond donors (Lipinski definition) is 2. The number of anilines is 2. The number of carbonyl (C=O) groups is 1. The zero-order valence-electron chi connectivity index (χ0n) is 13.4. The Hall–Kier alpha value is -1.51. The van der Waals surface area contributed by atoms with Gasteiger partial charge in [0, 0.05) is 23.3 Å². The molecule has 3 nitrogen and oxygen atoms in total. The molecule has 120 valence electrons. The normalized spacial score (nSPS) is 20.5. The Labute approximate surface area is 133 Å². The smallest absolute Gasteiger partial charge is 0.227 e. The molecular formula is C19H28N2O. The summed E-state index contributed by atoms with van der Waals surface area (Å²) in [6, 6.07) is 8.84. The summed E-state index contributed by atoms with van der Waals surface area (Å²) in [7, 11) is 0. The van der Waals surface area contributed by atoms with Crippen LogP contribution in [0.25, 0.3) is 0 Å². The van der Waals surface area contributed by atoms with Crippen LogP contribution in [0.3, 0.4) is 0 Å². The molecule has 0 aromatic heterocycles. The predicted octanol–water partition coefficient (Wildman–Crippen LogP) is 4.95. The standard InChI is InChI=1S/C19H28N2O/c22-19(15-7-3-1-4-8-15)21-18-13-11-17(12-14-18)20-16-9-5-2-6-10-16/h11-16,20H,1-10H2,(H,21,22). The molecule has 2 aliphatic carbocycles. The van der Waals surface area contributed by atoms with Crippen LogP contribution in [-0.4, -0.2) is 11.9 Å². The van der Waals surface area contributed by atoms with E-state index in [1.54, 1.807) is 0 Å². The average molecular weight is 300 g/mol. The van der Waals surface area contributed by atoms with Crippen LogP contribution in [0.2, 0.25) is 0 Å². The van der Waals surface area contributed by atoms with Crippen molar-refractivity contribution in [2.75, 3.05) is 10.6 Å². The molecular weight excluding hydrogens is 272 g/mol. The molecule has 0 unspecified atom stereocenters. The van der Waals surface area contributed by atoms with Gasteiger partial charge in [-0.3, -0.25) is 4.79 Å². The van der Waals surface area contributed by atoms with E-state index in [0.29, 0.717) is 6.04 Å². The first-order chi connectivity index (χ1) is 10.8. The van der Waals surface area contributed by atoms with Crippen LogP contribution < -0.4 is 10.6 Å². The van der Waals surface area contributed by atoms with Gasteiger partial charge in [-0.05, 0) is 49.9 Å². The fourth-order valence-corrected chi connectivity index (χ4v) is 3.74. The summed E-state index contributed by atoms with van der Waals surface area (Å²) in [6.45, 7) is 0. The molecule has 1 aromatic rings. The van der Waals surface area contributed by atoms with Crippen molar-refractivity contribution in [1.29, 1.82) is 0 Å². The van der Waals surface area contributed by atoms with Crippen LogP contribution in [-0.2, 0) is 4.79 Å². The van der Waals surface area contributed by atoms with Crippen LogP contribution in [0.5, 0.6) is 0 Å². The molecule has 0 saturated heterocycles. The molecule has 3 rings (SSSR count). The zero-order valence-corrected chi connectivity index (χ0v) is 13.4. The van der Waals surface area contributed by atoms with Crippen molar-refractivity contribution in [2.24, 2.45) is 5.92 Å². The lowest BCUT2D eigenvalue weighted by molar-refractivity contribution is -0.120. The third kappa shape index (κ3) is 4.25. The first kappa shape index (κ1) is 15.4. The third-order valence-electron chi connectivity index (χ3n) is 5.10. The number of benzene rings is 1. The van der Waals surface area contributed by atoms with Gasteiger partial charge in [-0.25, -0.2) is 0 Å². The second-order valence-electron chi connectivity index (χ2n) is 6.88. The number of hydrogen-bond acceptors (Lipinski definition) is 2. The highest BCUT2D eigenvalue weighted by Gasteiger charge is 2.21. The van der Waals surface area contributed by atoms with Crippen LogP contribution in [0.4, 0.5) is 11.4 Å². The Morgan fingerprint density at radius 2 is 1.32 bits per heavy atom. The van der Waals surface area contributed by atoms with Gasteiger partial charge in [-0.15, -0.1) is 0 Å². The minimum Gasteiger partial charge on any atom is -0.382 e. The van der Waals surface area contributed by atoms with Crippen LogP contribution in [0.1, 0.15) is 64.2 Å². The number of amides is 1. The van der Waals surface area contributed by atoms with E-state index in [1.165, 1.54) is 57.1 Å². The molecule has 2 saturated carbocycles. The monoisotopic (exact) mass is 300 g/mol. The maximum absolute atomic E-state index is 12.2. The molecule has 2 N–H and O–H groups in total. The molecule has 0 spiro atoms. The Morgan fingerprint density at radius 1 is 0.773 bits per heavy atom. The molecule has 0 atom stereocenters. The Bertz CT molecular complexity index is 471. The van der Waals surface area contributed by atoms with Crippen LogP contribution in [0, 0.1) is 5.92 Å². The quantitative estimate of drug-likeness (QED) is 0.826. The largest absolute Gasteiger partial charge is 0.382 e. The minimum absolute atomic E-state index is 0.202. The highest BCUT2D eigenvalue weighted by molar-refractivity contribution is 5.92. The van der Waals surface area contributed by atoms with Gasteiger partial charge in [-0.1, -0.05) is 38.5 Å². The van der Waals surface area contributed by atoms with E-state index in [9.17, 15) is 4.79 Å². The van der Waals surface area contributed by atoms with E-state index in [0.717, 1.165) is 18.5 Å².